The third kappa shape index (κ3) is 1.45. The molecule has 0 saturated heterocycles. The number of nitrogen functional groups attached to an aromatic ring is 1. The fourth-order valence-electron chi connectivity index (χ4n) is 2.27. The van der Waals surface area contributed by atoms with Crippen LogP contribution in [-0.2, 0) is 0 Å². The van der Waals surface area contributed by atoms with E-state index in [1.54, 1.807) is 0 Å². The van der Waals surface area contributed by atoms with Crippen molar-refractivity contribution in [3.8, 4) is 22.8 Å². The number of hydrogen-bond acceptors (Lipinski definition) is 4. The first kappa shape index (κ1) is 10.3. The van der Waals surface area contributed by atoms with E-state index in [1.165, 1.54) is 0 Å². The van der Waals surface area contributed by atoms with Crippen LogP contribution in [0.25, 0.3) is 16.9 Å². The maximum absolute atomic E-state index is 6.14. The summed E-state index contributed by atoms with van der Waals surface area (Å²) in [6.45, 7) is 0.263. The average molecular weight is 253 g/mol. The number of ether oxygens (including phenoxy) is 2. The number of anilines is 1. The number of imidazole rings is 1. The molecule has 4 rings (SSSR count). The summed E-state index contributed by atoms with van der Waals surface area (Å²) in [5.41, 5.74) is 8.65. The topological polar surface area (TPSA) is 61.8 Å². The van der Waals surface area contributed by atoms with Crippen LogP contribution in [-0.4, -0.2) is 16.2 Å². The van der Waals surface area contributed by atoms with E-state index < -0.39 is 0 Å². The van der Waals surface area contributed by atoms with Crippen LogP contribution in [0.15, 0.2) is 42.6 Å². The van der Waals surface area contributed by atoms with Gasteiger partial charge in [0.2, 0.25) is 6.79 Å². The number of fused-ring (bicyclic) bond motifs is 2. The van der Waals surface area contributed by atoms with Crippen molar-refractivity contribution in [1.29, 1.82) is 0 Å². The molecule has 2 N–H and O–H groups in total. The van der Waals surface area contributed by atoms with Crippen molar-refractivity contribution in [1.82, 2.24) is 9.38 Å². The van der Waals surface area contributed by atoms with E-state index in [1.807, 2.05) is 47.0 Å². The van der Waals surface area contributed by atoms with Gasteiger partial charge in [0.15, 0.2) is 11.5 Å². The van der Waals surface area contributed by atoms with E-state index >= 15 is 0 Å². The average Bonchev–Trinajstić information content (AvgIpc) is 3.03. The van der Waals surface area contributed by atoms with Crippen molar-refractivity contribution in [2.75, 3.05) is 12.5 Å². The Morgan fingerprint density at radius 2 is 2.00 bits per heavy atom. The van der Waals surface area contributed by atoms with Crippen LogP contribution in [0.4, 0.5) is 5.82 Å². The zero-order valence-corrected chi connectivity index (χ0v) is 10.0. The first-order valence-electron chi connectivity index (χ1n) is 5.95. The summed E-state index contributed by atoms with van der Waals surface area (Å²) in [6, 6.07) is 11.5. The van der Waals surface area contributed by atoms with E-state index in [-0.39, 0.29) is 6.79 Å². The molecule has 0 aliphatic carbocycles. The van der Waals surface area contributed by atoms with Crippen LogP contribution >= 0.6 is 0 Å². The number of pyridine rings is 1. The van der Waals surface area contributed by atoms with Crippen molar-refractivity contribution in [3.63, 3.8) is 0 Å². The van der Waals surface area contributed by atoms with Crippen molar-refractivity contribution in [2.45, 2.75) is 0 Å². The van der Waals surface area contributed by atoms with E-state index in [2.05, 4.69) is 4.98 Å². The molecule has 94 valence electrons. The predicted molar refractivity (Wildman–Crippen MR) is 71.2 cm³/mol. The predicted octanol–water partition coefficient (Wildman–Crippen LogP) is 2.31. The number of nitrogens with two attached hydrogens (primary N) is 1. The molecule has 2 aromatic heterocycles. The maximum Gasteiger partial charge on any atom is 0.231 e. The molecule has 0 bridgehead atoms. The Morgan fingerprint density at radius 3 is 2.89 bits per heavy atom. The second-order valence-corrected chi connectivity index (χ2v) is 4.34. The van der Waals surface area contributed by atoms with Crippen LogP contribution < -0.4 is 15.2 Å². The van der Waals surface area contributed by atoms with Gasteiger partial charge in [0, 0.05) is 11.8 Å². The molecule has 1 aliphatic heterocycles. The maximum atomic E-state index is 6.14. The van der Waals surface area contributed by atoms with Crippen molar-refractivity contribution in [2.24, 2.45) is 0 Å². The minimum atomic E-state index is 0.263. The number of hydrogen-bond donors (Lipinski definition) is 1. The van der Waals surface area contributed by atoms with Gasteiger partial charge in [-0.1, -0.05) is 6.07 Å². The standard InChI is InChI=1S/C14H11N3O2/c15-14-13(16-12-3-1-2-6-17(12)14)9-4-5-10-11(7-9)19-8-18-10/h1-7H,8,15H2. The lowest BCUT2D eigenvalue weighted by atomic mass is 10.1. The Morgan fingerprint density at radius 1 is 1.11 bits per heavy atom. The Kier molecular flexibility index (Phi) is 1.97. The Hall–Kier alpha value is -2.69. The van der Waals surface area contributed by atoms with Crippen molar-refractivity contribution in [3.05, 3.63) is 42.6 Å². The Bertz CT molecular complexity index is 779. The van der Waals surface area contributed by atoms with Gasteiger partial charge in [-0.15, -0.1) is 0 Å². The number of nitrogens with zero attached hydrogens (tertiary/aromatic N) is 2. The molecule has 1 aliphatic rings. The van der Waals surface area contributed by atoms with Crippen LogP contribution in [0.5, 0.6) is 11.5 Å². The molecule has 0 saturated carbocycles. The highest BCUT2D eigenvalue weighted by Crippen LogP contribution is 2.37. The largest absolute Gasteiger partial charge is 0.454 e. The van der Waals surface area contributed by atoms with Gasteiger partial charge in [0.05, 0.1) is 0 Å². The van der Waals surface area contributed by atoms with Gasteiger partial charge in [-0.05, 0) is 30.3 Å². The molecule has 0 atom stereocenters. The summed E-state index contributed by atoms with van der Waals surface area (Å²) < 4.78 is 12.5. The molecule has 0 unspecified atom stereocenters. The van der Waals surface area contributed by atoms with E-state index in [9.17, 15) is 0 Å². The van der Waals surface area contributed by atoms with Crippen LogP contribution in [0.2, 0.25) is 0 Å². The Balaban J connectivity index is 1.92. The normalized spacial score (nSPS) is 13.1. The van der Waals surface area contributed by atoms with Gasteiger partial charge in [0.1, 0.15) is 17.2 Å². The lowest BCUT2D eigenvalue weighted by Crippen LogP contribution is -1.93. The number of aromatic nitrogens is 2. The lowest BCUT2D eigenvalue weighted by molar-refractivity contribution is 0.174. The summed E-state index contributed by atoms with van der Waals surface area (Å²) in [7, 11) is 0. The second kappa shape index (κ2) is 3.65. The number of benzene rings is 1. The molecule has 3 aromatic rings. The molecular weight excluding hydrogens is 242 g/mol. The van der Waals surface area contributed by atoms with Gasteiger partial charge in [-0.25, -0.2) is 4.98 Å². The third-order valence-corrected chi connectivity index (χ3v) is 3.21. The van der Waals surface area contributed by atoms with E-state index in [0.29, 0.717) is 5.82 Å². The van der Waals surface area contributed by atoms with E-state index in [4.69, 9.17) is 15.2 Å². The van der Waals surface area contributed by atoms with E-state index in [0.717, 1.165) is 28.4 Å². The fraction of sp³-hybridized carbons (Fsp3) is 0.0714. The molecule has 5 nitrogen and oxygen atoms in total. The molecule has 0 spiro atoms. The Labute approximate surface area is 109 Å². The van der Waals surface area contributed by atoms with Gasteiger partial charge >= 0.3 is 0 Å². The van der Waals surface area contributed by atoms with Gasteiger partial charge < -0.3 is 15.2 Å². The molecule has 0 fully saturated rings. The minimum absolute atomic E-state index is 0.263. The summed E-state index contributed by atoms with van der Waals surface area (Å²) in [4.78, 5) is 4.55. The zero-order valence-electron chi connectivity index (χ0n) is 10.0. The second-order valence-electron chi connectivity index (χ2n) is 4.34. The molecule has 3 heterocycles. The monoisotopic (exact) mass is 253 g/mol. The van der Waals surface area contributed by atoms with Crippen LogP contribution in [0.1, 0.15) is 0 Å². The first-order valence-corrected chi connectivity index (χ1v) is 5.95. The lowest BCUT2D eigenvalue weighted by Gasteiger charge is -2.01. The van der Waals surface area contributed by atoms with Gasteiger partial charge in [-0.3, -0.25) is 4.40 Å². The third-order valence-electron chi connectivity index (χ3n) is 3.21. The minimum Gasteiger partial charge on any atom is -0.454 e. The summed E-state index contributed by atoms with van der Waals surface area (Å²) in [6.07, 6.45) is 1.90. The highest BCUT2D eigenvalue weighted by molar-refractivity contribution is 5.76. The van der Waals surface area contributed by atoms with Crippen molar-refractivity contribution >= 4 is 11.5 Å². The molecule has 0 amide bonds. The highest BCUT2D eigenvalue weighted by atomic mass is 16.7. The highest BCUT2D eigenvalue weighted by Gasteiger charge is 2.17. The van der Waals surface area contributed by atoms with Gasteiger partial charge in [0.25, 0.3) is 0 Å². The molecule has 5 heteroatoms. The quantitative estimate of drug-likeness (QED) is 0.723. The fourth-order valence-corrected chi connectivity index (χ4v) is 2.27. The smallest absolute Gasteiger partial charge is 0.231 e. The molecule has 1 aromatic carbocycles. The van der Waals surface area contributed by atoms with Gasteiger partial charge in [-0.2, -0.15) is 0 Å². The summed E-state index contributed by atoms with van der Waals surface area (Å²) >= 11 is 0. The molecule has 19 heavy (non-hydrogen) atoms. The summed E-state index contributed by atoms with van der Waals surface area (Å²) in [5, 5.41) is 0. The summed E-state index contributed by atoms with van der Waals surface area (Å²) in [5.74, 6) is 2.11. The number of rotatable bonds is 1. The molecular formula is C14H11N3O2. The van der Waals surface area contributed by atoms with Crippen LogP contribution in [0, 0.1) is 0 Å². The molecule has 0 radical (unpaired) electrons. The zero-order chi connectivity index (χ0) is 12.8. The first-order chi connectivity index (χ1) is 9.33. The van der Waals surface area contributed by atoms with Crippen LogP contribution in [0.3, 0.4) is 0 Å². The SMILES string of the molecule is Nc1c(-c2ccc3c(c2)OCO3)nc2ccccn12. The van der Waals surface area contributed by atoms with Crippen molar-refractivity contribution < 1.29 is 9.47 Å².